The number of amides is 2. The number of benzene rings is 1. The average Bonchev–Trinajstić information content (AvgIpc) is 2.36. The Morgan fingerprint density at radius 3 is 2.32 bits per heavy atom. The van der Waals surface area contributed by atoms with Gasteiger partial charge in [0.15, 0.2) is 6.04 Å². The number of rotatable bonds is 5. The highest BCUT2D eigenvalue weighted by atomic mass is 16.4. The molecule has 6 nitrogen and oxygen atoms in total. The molecule has 4 N–H and O–H groups in total. The van der Waals surface area contributed by atoms with Crippen LogP contribution in [0.3, 0.4) is 0 Å². The van der Waals surface area contributed by atoms with Crippen LogP contribution in [0.25, 0.3) is 0 Å². The molecule has 2 amide bonds. The fourth-order valence-electron chi connectivity index (χ4n) is 1.59. The van der Waals surface area contributed by atoms with Crippen LogP contribution < -0.4 is 10.6 Å². The summed E-state index contributed by atoms with van der Waals surface area (Å²) in [5.74, 6) is -1.28. The van der Waals surface area contributed by atoms with Gasteiger partial charge in [-0.25, -0.2) is 9.59 Å². The maximum Gasteiger partial charge on any atom is 0.328 e. The molecule has 0 fully saturated rings. The molecule has 1 unspecified atom stereocenters. The summed E-state index contributed by atoms with van der Waals surface area (Å²) in [6, 6.07) is 7.34. The van der Waals surface area contributed by atoms with Crippen LogP contribution in [0, 0.1) is 0 Å². The lowest BCUT2D eigenvalue weighted by Crippen LogP contribution is -2.52. The van der Waals surface area contributed by atoms with E-state index in [9.17, 15) is 9.59 Å². The highest BCUT2D eigenvalue weighted by molar-refractivity contribution is 5.83. The van der Waals surface area contributed by atoms with Crippen molar-refractivity contribution in [1.82, 2.24) is 10.6 Å². The Hall–Kier alpha value is -2.08. The van der Waals surface area contributed by atoms with Crippen molar-refractivity contribution in [2.75, 3.05) is 6.61 Å². The summed E-state index contributed by atoms with van der Waals surface area (Å²) in [5.41, 5.74) is 0.241. The Morgan fingerprint density at radius 1 is 1.26 bits per heavy atom. The van der Waals surface area contributed by atoms with Crippen LogP contribution in [0.15, 0.2) is 30.3 Å². The van der Waals surface area contributed by atoms with Crippen LogP contribution >= 0.6 is 0 Å². The van der Waals surface area contributed by atoms with Gasteiger partial charge >= 0.3 is 12.0 Å². The Bertz CT molecular complexity index is 445. The van der Waals surface area contributed by atoms with Crippen molar-refractivity contribution in [2.45, 2.75) is 25.4 Å². The maximum absolute atomic E-state index is 11.7. The zero-order valence-corrected chi connectivity index (χ0v) is 10.9. The zero-order chi connectivity index (χ0) is 14.5. The number of aliphatic hydroxyl groups excluding tert-OH is 1. The molecule has 0 heterocycles. The van der Waals surface area contributed by atoms with Crippen molar-refractivity contribution in [3.8, 4) is 0 Å². The molecule has 0 saturated heterocycles. The second-order valence-corrected chi connectivity index (χ2v) is 4.66. The molecule has 0 aliphatic rings. The molecule has 0 aliphatic carbocycles. The van der Waals surface area contributed by atoms with Gasteiger partial charge in [0.25, 0.3) is 0 Å². The van der Waals surface area contributed by atoms with Gasteiger partial charge in [0, 0.05) is 0 Å². The van der Waals surface area contributed by atoms with Gasteiger partial charge in [-0.3, -0.25) is 0 Å². The van der Waals surface area contributed by atoms with Gasteiger partial charge in [0.2, 0.25) is 0 Å². The first kappa shape index (κ1) is 15.0. The van der Waals surface area contributed by atoms with Crippen LogP contribution in [0.5, 0.6) is 0 Å². The second-order valence-electron chi connectivity index (χ2n) is 4.66. The summed E-state index contributed by atoms with van der Waals surface area (Å²) in [5, 5.41) is 22.4. The minimum absolute atomic E-state index is 0.643. The van der Waals surface area contributed by atoms with Crippen molar-refractivity contribution in [1.29, 1.82) is 0 Å². The molecule has 0 radical (unpaired) electrons. The monoisotopic (exact) mass is 266 g/mol. The second kappa shape index (κ2) is 6.19. The summed E-state index contributed by atoms with van der Waals surface area (Å²) in [6.07, 6.45) is 0. The lowest BCUT2D eigenvalue weighted by Gasteiger charge is -2.27. The topological polar surface area (TPSA) is 98.7 Å². The highest BCUT2D eigenvalue weighted by Crippen LogP contribution is 2.18. The van der Waals surface area contributed by atoms with Crippen molar-refractivity contribution >= 4 is 12.0 Å². The smallest absolute Gasteiger partial charge is 0.328 e. The molecule has 6 heteroatoms. The first-order chi connectivity index (χ1) is 8.86. The number of hydrogen-bond donors (Lipinski definition) is 4. The third-order valence-electron chi connectivity index (χ3n) is 2.71. The van der Waals surface area contributed by atoms with Crippen molar-refractivity contribution in [3.05, 3.63) is 35.9 Å². The van der Waals surface area contributed by atoms with E-state index in [-0.39, 0.29) is 0 Å². The van der Waals surface area contributed by atoms with Crippen molar-refractivity contribution in [3.63, 3.8) is 0 Å². The van der Waals surface area contributed by atoms with E-state index in [0.717, 1.165) is 5.56 Å². The van der Waals surface area contributed by atoms with E-state index < -0.39 is 30.2 Å². The fraction of sp³-hybridized carbons (Fsp3) is 0.385. The summed E-state index contributed by atoms with van der Waals surface area (Å²) >= 11 is 0. The first-order valence-corrected chi connectivity index (χ1v) is 5.84. The van der Waals surface area contributed by atoms with Crippen LogP contribution in [-0.2, 0) is 10.3 Å². The Morgan fingerprint density at radius 2 is 1.84 bits per heavy atom. The molecular formula is C13H18N2O4. The minimum atomic E-state index is -1.31. The summed E-state index contributed by atoms with van der Waals surface area (Å²) in [7, 11) is 0. The first-order valence-electron chi connectivity index (χ1n) is 5.84. The van der Waals surface area contributed by atoms with E-state index in [1.54, 1.807) is 13.8 Å². The molecule has 1 aromatic carbocycles. The number of nitrogens with one attached hydrogen (secondary N) is 2. The number of aliphatic hydroxyl groups is 1. The van der Waals surface area contributed by atoms with Crippen molar-refractivity contribution in [2.24, 2.45) is 0 Å². The molecule has 0 aliphatic heterocycles. The third kappa shape index (κ3) is 4.26. The molecule has 104 valence electrons. The normalized spacial score (nSPS) is 12.6. The van der Waals surface area contributed by atoms with Gasteiger partial charge < -0.3 is 20.8 Å². The number of carbonyl (C=O) groups is 2. The fourth-order valence-corrected chi connectivity index (χ4v) is 1.59. The Balaban J connectivity index is 2.68. The van der Waals surface area contributed by atoms with Gasteiger partial charge in [0.05, 0.1) is 12.1 Å². The molecule has 0 aromatic heterocycles. The lowest BCUT2D eigenvalue weighted by molar-refractivity contribution is -0.140. The summed E-state index contributed by atoms with van der Waals surface area (Å²) < 4.78 is 0. The molecular weight excluding hydrogens is 248 g/mol. The number of carboxylic acid groups (broad SMARTS) is 1. The summed E-state index contributed by atoms with van der Waals surface area (Å²) in [4.78, 5) is 22.4. The van der Waals surface area contributed by atoms with E-state index >= 15 is 0 Å². The Labute approximate surface area is 111 Å². The van der Waals surface area contributed by atoms with E-state index in [2.05, 4.69) is 10.6 Å². The molecule has 0 bridgehead atoms. The van der Waals surface area contributed by atoms with Gasteiger partial charge in [-0.05, 0) is 19.4 Å². The van der Waals surface area contributed by atoms with Gasteiger partial charge in [-0.2, -0.15) is 0 Å². The number of aliphatic carboxylic acids is 1. The Kier molecular flexibility index (Phi) is 4.88. The third-order valence-corrected chi connectivity index (χ3v) is 2.71. The molecule has 1 atom stereocenters. The number of carbonyl (C=O) groups excluding carboxylic acids is 1. The van der Waals surface area contributed by atoms with Gasteiger partial charge in [-0.15, -0.1) is 0 Å². The predicted octanol–water partition coefficient (Wildman–Crippen LogP) is 0.666. The quantitative estimate of drug-likeness (QED) is 0.629. The molecule has 0 spiro atoms. The maximum atomic E-state index is 11.7. The molecule has 0 saturated carbocycles. The van der Waals surface area contributed by atoms with E-state index in [1.807, 2.05) is 30.3 Å². The lowest BCUT2D eigenvalue weighted by atomic mass is 9.95. The van der Waals surface area contributed by atoms with Gasteiger partial charge in [-0.1, -0.05) is 30.3 Å². The molecule has 1 rings (SSSR count). The molecule has 19 heavy (non-hydrogen) atoms. The van der Waals surface area contributed by atoms with Crippen LogP contribution in [0.2, 0.25) is 0 Å². The predicted molar refractivity (Wildman–Crippen MR) is 69.6 cm³/mol. The van der Waals surface area contributed by atoms with Crippen LogP contribution in [0.1, 0.15) is 19.4 Å². The zero-order valence-electron chi connectivity index (χ0n) is 10.9. The van der Waals surface area contributed by atoms with E-state index in [4.69, 9.17) is 10.2 Å². The largest absolute Gasteiger partial charge is 0.480 e. The molecule has 1 aromatic rings. The highest BCUT2D eigenvalue weighted by Gasteiger charge is 2.25. The van der Waals surface area contributed by atoms with Crippen LogP contribution in [-0.4, -0.2) is 34.9 Å². The average molecular weight is 266 g/mol. The standard InChI is InChI=1S/C13H18N2O4/c1-13(2,9-6-4-3-5-7-9)15-12(19)14-10(8-16)11(17)18/h3-7,10,16H,8H2,1-2H3,(H,17,18)(H2,14,15,19). The minimum Gasteiger partial charge on any atom is -0.480 e. The number of carboxylic acids is 1. The number of urea groups is 1. The van der Waals surface area contributed by atoms with E-state index in [1.165, 1.54) is 0 Å². The van der Waals surface area contributed by atoms with Gasteiger partial charge in [0.1, 0.15) is 0 Å². The van der Waals surface area contributed by atoms with Crippen LogP contribution in [0.4, 0.5) is 4.79 Å². The number of hydrogen-bond acceptors (Lipinski definition) is 3. The van der Waals surface area contributed by atoms with E-state index in [0.29, 0.717) is 0 Å². The SMILES string of the molecule is CC(C)(NC(=O)NC(CO)C(=O)O)c1ccccc1. The summed E-state index contributed by atoms with van der Waals surface area (Å²) in [6.45, 7) is 2.95. The van der Waals surface area contributed by atoms with Crippen molar-refractivity contribution < 1.29 is 19.8 Å².